The molecule has 0 aliphatic heterocycles. The second-order valence-corrected chi connectivity index (χ2v) is 5.77. The van der Waals surface area contributed by atoms with Gasteiger partial charge < -0.3 is 0 Å². The van der Waals surface area contributed by atoms with Crippen LogP contribution in [0.2, 0.25) is 0 Å². The molecule has 1 aromatic heterocycles. The van der Waals surface area contributed by atoms with Gasteiger partial charge in [-0.3, -0.25) is 0 Å². The molecule has 3 heteroatoms. The van der Waals surface area contributed by atoms with Gasteiger partial charge in [0, 0.05) is 5.92 Å². The Morgan fingerprint density at radius 1 is 1.27 bits per heavy atom. The summed E-state index contributed by atoms with van der Waals surface area (Å²) in [7, 11) is 0. The Labute approximate surface area is 89.9 Å². The van der Waals surface area contributed by atoms with Crippen LogP contribution < -0.4 is 0 Å². The normalized spacial score (nSPS) is 28.8. The van der Waals surface area contributed by atoms with Gasteiger partial charge in [0.1, 0.15) is 6.33 Å². The molecule has 0 amide bonds. The van der Waals surface area contributed by atoms with Crippen LogP contribution in [0.5, 0.6) is 0 Å². The zero-order valence-electron chi connectivity index (χ0n) is 9.02. The molecule has 4 rings (SSSR count). The quantitative estimate of drug-likeness (QED) is 0.739. The molecule has 3 fully saturated rings. The van der Waals surface area contributed by atoms with Crippen LogP contribution in [-0.4, -0.2) is 14.8 Å². The van der Waals surface area contributed by atoms with Crippen LogP contribution in [0.25, 0.3) is 0 Å². The predicted octanol–water partition coefficient (Wildman–Crippen LogP) is 2.66. The standard InChI is InChI=1S/C12H17N3/c1-4-12(5-1)6-10(7-12)15-8-13-11(14-15)9-2-3-9/h8-10H,1-7H2. The molecular formula is C12H17N3. The molecule has 0 atom stereocenters. The molecule has 15 heavy (non-hydrogen) atoms. The summed E-state index contributed by atoms with van der Waals surface area (Å²) in [4.78, 5) is 4.42. The van der Waals surface area contributed by atoms with E-state index in [1.54, 1.807) is 0 Å². The highest BCUT2D eigenvalue weighted by atomic mass is 15.4. The lowest BCUT2D eigenvalue weighted by Gasteiger charge is -2.53. The summed E-state index contributed by atoms with van der Waals surface area (Å²) in [6.45, 7) is 0. The van der Waals surface area contributed by atoms with E-state index >= 15 is 0 Å². The minimum Gasteiger partial charge on any atom is -0.250 e. The molecular weight excluding hydrogens is 186 g/mol. The molecule has 3 saturated carbocycles. The lowest BCUT2D eigenvalue weighted by molar-refractivity contribution is -0.0221. The third-order valence-electron chi connectivity index (χ3n) is 4.59. The fourth-order valence-electron chi connectivity index (χ4n) is 3.20. The average Bonchev–Trinajstić information content (AvgIpc) is 2.82. The molecule has 1 heterocycles. The summed E-state index contributed by atoms with van der Waals surface area (Å²) in [6, 6.07) is 0.672. The van der Waals surface area contributed by atoms with Crippen LogP contribution in [0, 0.1) is 5.41 Å². The third-order valence-corrected chi connectivity index (χ3v) is 4.59. The van der Waals surface area contributed by atoms with Crippen molar-refractivity contribution in [3.05, 3.63) is 12.2 Å². The van der Waals surface area contributed by atoms with Crippen molar-refractivity contribution in [2.75, 3.05) is 0 Å². The minimum absolute atomic E-state index is 0.672. The van der Waals surface area contributed by atoms with Gasteiger partial charge in [-0.25, -0.2) is 9.67 Å². The Morgan fingerprint density at radius 3 is 2.67 bits per heavy atom. The summed E-state index contributed by atoms with van der Waals surface area (Å²) in [5, 5.41) is 4.62. The molecule has 1 aromatic rings. The van der Waals surface area contributed by atoms with Gasteiger partial charge in [0.25, 0.3) is 0 Å². The molecule has 1 spiro atoms. The first-order valence-corrected chi connectivity index (χ1v) is 6.26. The van der Waals surface area contributed by atoms with E-state index in [0.29, 0.717) is 12.0 Å². The molecule has 0 bridgehead atoms. The van der Waals surface area contributed by atoms with Crippen molar-refractivity contribution in [2.45, 2.75) is 56.9 Å². The van der Waals surface area contributed by atoms with Crippen molar-refractivity contribution in [3.63, 3.8) is 0 Å². The SMILES string of the molecule is c1nc(C2CC2)nn1C1CC2(CCC2)C1. The van der Waals surface area contributed by atoms with Crippen LogP contribution in [0.3, 0.4) is 0 Å². The highest BCUT2D eigenvalue weighted by Crippen LogP contribution is 2.60. The zero-order valence-corrected chi connectivity index (χ0v) is 9.02. The minimum atomic E-state index is 0.672. The maximum absolute atomic E-state index is 4.62. The average molecular weight is 203 g/mol. The van der Waals surface area contributed by atoms with E-state index in [0.717, 1.165) is 11.2 Å². The topological polar surface area (TPSA) is 30.7 Å². The molecule has 0 unspecified atom stereocenters. The number of rotatable bonds is 2. The van der Waals surface area contributed by atoms with E-state index in [1.165, 1.54) is 44.9 Å². The molecule has 3 aliphatic carbocycles. The van der Waals surface area contributed by atoms with Crippen molar-refractivity contribution in [3.8, 4) is 0 Å². The number of hydrogen-bond donors (Lipinski definition) is 0. The lowest BCUT2D eigenvalue weighted by atomic mass is 9.54. The molecule has 0 radical (unpaired) electrons. The smallest absolute Gasteiger partial charge is 0.153 e. The number of hydrogen-bond acceptors (Lipinski definition) is 2. The van der Waals surface area contributed by atoms with Gasteiger partial charge in [-0.2, -0.15) is 5.10 Å². The molecule has 0 saturated heterocycles. The molecule has 3 nitrogen and oxygen atoms in total. The largest absolute Gasteiger partial charge is 0.250 e. The van der Waals surface area contributed by atoms with E-state index in [9.17, 15) is 0 Å². The van der Waals surface area contributed by atoms with E-state index in [2.05, 4.69) is 14.8 Å². The van der Waals surface area contributed by atoms with Crippen LogP contribution in [0.15, 0.2) is 6.33 Å². The number of aromatic nitrogens is 3. The van der Waals surface area contributed by atoms with Crippen LogP contribution in [0.1, 0.15) is 62.7 Å². The van der Waals surface area contributed by atoms with Crippen molar-refractivity contribution in [2.24, 2.45) is 5.41 Å². The first kappa shape index (κ1) is 8.31. The van der Waals surface area contributed by atoms with Crippen molar-refractivity contribution >= 4 is 0 Å². The van der Waals surface area contributed by atoms with E-state index in [1.807, 2.05) is 6.33 Å². The van der Waals surface area contributed by atoms with Gasteiger partial charge in [0.2, 0.25) is 0 Å². The maximum atomic E-state index is 4.62. The second-order valence-electron chi connectivity index (χ2n) is 5.77. The number of nitrogens with zero attached hydrogens (tertiary/aromatic N) is 3. The van der Waals surface area contributed by atoms with Crippen LogP contribution in [-0.2, 0) is 0 Å². The molecule has 80 valence electrons. The highest BCUT2D eigenvalue weighted by molar-refractivity contribution is 5.05. The van der Waals surface area contributed by atoms with Gasteiger partial charge in [-0.05, 0) is 43.9 Å². The Bertz CT molecular complexity index is 379. The third kappa shape index (κ3) is 1.18. The highest BCUT2D eigenvalue weighted by Gasteiger charge is 2.49. The Hall–Kier alpha value is -0.860. The van der Waals surface area contributed by atoms with E-state index in [4.69, 9.17) is 0 Å². The summed E-state index contributed by atoms with van der Waals surface area (Å²) in [5.41, 5.74) is 0.746. The Balaban J connectivity index is 1.48. The second kappa shape index (κ2) is 2.63. The first-order chi connectivity index (χ1) is 7.35. The monoisotopic (exact) mass is 203 g/mol. The zero-order chi connectivity index (χ0) is 9.88. The van der Waals surface area contributed by atoms with Crippen LogP contribution in [0.4, 0.5) is 0 Å². The first-order valence-electron chi connectivity index (χ1n) is 6.26. The van der Waals surface area contributed by atoms with E-state index in [-0.39, 0.29) is 0 Å². The molecule has 3 aliphatic rings. The van der Waals surface area contributed by atoms with Crippen molar-refractivity contribution in [1.29, 1.82) is 0 Å². The summed E-state index contributed by atoms with van der Waals surface area (Å²) in [5.74, 6) is 1.80. The van der Waals surface area contributed by atoms with Crippen molar-refractivity contribution in [1.82, 2.24) is 14.8 Å². The van der Waals surface area contributed by atoms with Crippen LogP contribution >= 0.6 is 0 Å². The van der Waals surface area contributed by atoms with Gasteiger partial charge in [0.05, 0.1) is 6.04 Å². The van der Waals surface area contributed by atoms with Crippen molar-refractivity contribution < 1.29 is 0 Å². The Morgan fingerprint density at radius 2 is 2.07 bits per heavy atom. The maximum Gasteiger partial charge on any atom is 0.153 e. The lowest BCUT2D eigenvalue weighted by Crippen LogP contribution is -2.43. The predicted molar refractivity (Wildman–Crippen MR) is 56.6 cm³/mol. The Kier molecular flexibility index (Phi) is 1.46. The fourth-order valence-corrected chi connectivity index (χ4v) is 3.20. The molecule has 0 aromatic carbocycles. The summed E-state index contributed by atoms with van der Waals surface area (Å²) < 4.78 is 2.14. The fraction of sp³-hybridized carbons (Fsp3) is 0.833. The van der Waals surface area contributed by atoms with Gasteiger partial charge >= 0.3 is 0 Å². The summed E-state index contributed by atoms with van der Waals surface area (Å²) in [6.07, 6.45) is 11.7. The van der Waals surface area contributed by atoms with Gasteiger partial charge in [-0.1, -0.05) is 6.42 Å². The van der Waals surface area contributed by atoms with Gasteiger partial charge in [-0.15, -0.1) is 0 Å². The van der Waals surface area contributed by atoms with E-state index < -0.39 is 0 Å². The molecule has 0 N–H and O–H groups in total. The summed E-state index contributed by atoms with van der Waals surface area (Å²) >= 11 is 0. The van der Waals surface area contributed by atoms with Gasteiger partial charge in [0.15, 0.2) is 5.82 Å².